The van der Waals surface area contributed by atoms with Crippen LogP contribution in [0.2, 0.25) is 0 Å². The lowest BCUT2D eigenvalue weighted by Gasteiger charge is -2.29. The number of alkyl halides is 3. The predicted molar refractivity (Wildman–Crippen MR) is 119 cm³/mol. The summed E-state index contributed by atoms with van der Waals surface area (Å²) >= 11 is 0. The number of rotatable bonds is 4. The average molecular weight is 475 g/mol. The van der Waals surface area contributed by atoms with E-state index in [1.807, 2.05) is 18.7 Å². The Morgan fingerprint density at radius 1 is 1.12 bits per heavy atom. The van der Waals surface area contributed by atoms with Crippen LogP contribution in [0, 0.1) is 12.7 Å². The van der Waals surface area contributed by atoms with Crippen LogP contribution in [0.15, 0.2) is 36.7 Å². The lowest BCUT2D eigenvalue weighted by Crippen LogP contribution is -2.32. The number of pyridine rings is 1. The van der Waals surface area contributed by atoms with Crippen LogP contribution in [0.1, 0.15) is 52.5 Å². The Morgan fingerprint density at radius 2 is 1.85 bits per heavy atom. The number of hydrogen-bond donors (Lipinski definition) is 1. The van der Waals surface area contributed by atoms with E-state index in [4.69, 9.17) is 5.73 Å². The molecule has 0 atom stereocenters. The minimum absolute atomic E-state index is 0.00182. The fourth-order valence-corrected chi connectivity index (χ4v) is 3.80. The van der Waals surface area contributed by atoms with Crippen LogP contribution in [-0.2, 0) is 25.7 Å². The van der Waals surface area contributed by atoms with Gasteiger partial charge < -0.3 is 5.73 Å². The monoisotopic (exact) mass is 475 g/mol. The van der Waals surface area contributed by atoms with Gasteiger partial charge in [0.05, 0.1) is 11.4 Å². The molecule has 2 aromatic heterocycles. The summed E-state index contributed by atoms with van der Waals surface area (Å²) in [5.74, 6) is -1.17. The zero-order chi connectivity index (χ0) is 25.0. The number of carbonyl (C=O) groups excluding carboxylic acids is 1. The SMILES string of the molecule is CC.Cc1ccc(-c2cc(C(N)=O)nc3c2CCN(Cc2cc(C(F)(F)F)ncn2)C3)c(F)c1. The van der Waals surface area contributed by atoms with Crippen LogP contribution in [0.3, 0.4) is 0 Å². The maximum atomic E-state index is 14.7. The van der Waals surface area contributed by atoms with Gasteiger partial charge in [-0.3, -0.25) is 9.69 Å². The number of carbonyl (C=O) groups is 1. The van der Waals surface area contributed by atoms with Crippen LogP contribution in [0.25, 0.3) is 11.1 Å². The van der Waals surface area contributed by atoms with E-state index in [2.05, 4.69) is 15.0 Å². The first-order valence-electron chi connectivity index (χ1n) is 10.8. The van der Waals surface area contributed by atoms with Gasteiger partial charge in [-0.2, -0.15) is 13.2 Å². The molecule has 0 spiro atoms. The van der Waals surface area contributed by atoms with Gasteiger partial charge in [-0.25, -0.2) is 19.3 Å². The summed E-state index contributed by atoms with van der Waals surface area (Å²) in [5, 5.41) is 0. The molecule has 4 rings (SSSR count). The molecule has 1 aromatic carbocycles. The first-order valence-corrected chi connectivity index (χ1v) is 10.8. The molecular formula is C24H25F4N5O. The van der Waals surface area contributed by atoms with Crippen molar-refractivity contribution < 1.29 is 22.4 Å². The molecule has 10 heteroatoms. The lowest BCUT2D eigenvalue weighted by molar-refractivity contribution is -0.141. The molecule has 6 nitrogen and oxygen atoms in total. The third-order valence-electron chi connectivity index (χ3n) is 5.33. The molecule has 180 valence electrons. The van der Waals surface area contributed by atoms with Crippen LogP contribution in [0.4, 0.5) is 17.6 Å². The van der Waals surface area contributed by atoms with Gasteiger partial charge in [0.15, 0.2) is 0 Å². The predicted octanol–water partition coefficient (Wildman–Crippen LogP) is 4.69. The number of benzene rings is 1. The molecule has 0 bridgehead atoms. The van der Waals surface area contributed by atoms with Crippen LogP contribution < -0.4 is 5.73 Å². The quantitative estimate of drug-likeness (QED) is 0.554. The third kappa shape index (κ3) is 5.56. The van der Waals surface area contributed by atoms with E-state index in [0.717, 1.165) is 23.5 Å². The number of nitrogens with two attached hydrogens (primary N) is 1. The third-order valence-corrected chi connectivity index (χ3v) is 5.33. The van der Waals surface area contributed by atoms with Crippen molar-refractivity contribution in [2.75, 3.05) is 6.54 Å². The Kier molecular flexibility index (Phi) is 7.61. The number of hydrogen-bond acceptors (Lipinski definition) is 5. The molecule has 3 heterocycles. The molecule has 1 aliphatic heterocycles. The van der Waals surface area contributed by atoms with Crippen LogP contribution in [-0.4, -0.2) is 32.3 Å². The van der Waals surface area contributed by atoms with Gasteiger partial charge in [0.1, 0.15) is 23.5 Å². The molecule has 1 aliphatic rings. The average Bonchev–Trinajstić information content (AvgIpc) is 2.79. The topological polar surface area (TPSA) is 85.0 Å². The molecule has 0 saturated heterocycles. The summed E-state index contributed by atoms with van der Waals surface area (Å²) in [6, 6.07) is 7.24. The molecule has 0 radical (unpaired) electrons. The largest absolute Gasteiger partial charge is 0.433 e. The molecule has 0 aliphatic carbocycles. The summed E-state index contributed by atoms with van der Waals surface area (Å²) in [4.78, 5) is 25.3. The van der Waals surface area contributed by atoms with Gasteiger partial charge >= 0.3 is 6.18 Å². The van der Waals surface area contributed by atoms with E-state index in [-0.39, 0.29) is 24.5 Å². The summed E-state index contributed by atoms with van der Waals surface area (Å²) in [5.41, 5.74) is 7.62. The van der Waals surface area contributed by atoms with E-state index in [1.54, 1.807) is 19.1 Å². The minimum atomic E-state index is -4.56. The number of halogens is 4. The zero-order valence-corrected chi connectivity index (χ0v) is 19.1. The van der Waals surface area contributed by atoms with E-state index in [1.165, 1.54) is 12.1 Å². The van der Waals surface area contributed by atoms with Gasteiger partial charge in [-0.1, -0.05) is 26.0 Å². The van der Waals surface area contributed by atoms with E-state index < -0.39 is 23.6 Å². The number of aromatic nitrogens is 3. The minimum Gasteiger partial charge on any atom is -0.364 e. The second-order valence-electron chi connectivity index (χ2n) is 7.68. The number of amides is 1. The number of nitrogens with zero attached hydrogens (tertiary/aromatic N) is 4. The van der Waals surface area contributed by atoms with Gasteiger partial charge in [0.25, 0.3) is 5.91 Å². The highest BCUT2D eigenvalue weighted by Gasteiger charge is 2.33. The van der Waals surface area contributed by atoms with Crippen LogP contribution in [0.5, 0.6) is 0 Å². The normalized spacial score (nSPS) is 13.6. The van der Waals surface area contributed by atoms with Gasteiger partial charge in [-0.05, 0) is 48.2 Å². The Bertz CT molecular complexity index is 1200. The van der Waals surface area contributed by atoms with E-state index >= 15 is 0 Å². The molecule has 0 saturated carbocycles. The summed E-state index contributed by atoms with van der Waals surface area (Å²) in [6.07, 6.45) is -3.20. The number of aryl methyl sites for hydroxylation is 1. The Labute approximate surface area is 194 Å². The maximum Gasteiger partial charge on any atom is 0.433 e. The highest BCUT2D eigenvalue weighted by Crippen LogP contribution is 2.33. The summed E-state index contributed by atoms with van der Waals surface area (Å²) in [6.45, 7) is 6.67. The van der Waals surface area contributed by atoms with Crippen molar-refractivity contribution in [3.8, 4) is 11.1 Å². The van der Waals surface area contributed by atoms with Crippen molar-refractivity contribution in [2.45, 2.75) is 46.5 Å². The molecule has 1 amide bonds. The maximum absolute atomic E-state index is 14.7. The molecule has 34 heavy (non-hydrogen) atoms. The fourth-order valence-electron chi connectivity index (χ4n) is 3.80. The van der Waals surface area contributed by atoms with Crippen molar-refractivity contribution in [1.29, 1.82) is 0 Å². The Balaban J connectivity index is 0.00000158. The van der Waals surface area contributed by atoms with Gasteiger partial charge in [-0.15, -0.1) is 0 Å². The summed E-state index contributed by atoms with van der Waals surface area (Å²) < 4.78 is 53.5. The first kappa shape index (κ1) is 25.2. The summed E-state index contributed by atoms with van der Waals surface area (Å²) in [7, 11) is 0. The number of primary amides is 1. The first-order chi connectivity index (χ1) is 16.1. The second-order valence-corrected chi connectivity index (χ2v) is 7.68. The van der Waals surface area contributed by atoms with Crippen molar-refractivity contribution in [3.05, 3.63) is 76.4 Å². The highest BCUT2D eigenvalue weighted by atomic mass is 19.4. The molecule has 3 aromatic rings. The van der Waals surface area contributed by atoms with Gasteiger partial charge in [0.2, 0.25) is 0 Å². The Hall–Kier alpha value is -3.40. The standard InChI is InChI=1S/C22H19F4N5O.C2H6/c1-12-2-3-14(17(23)6-12)16-8-18(21(27)32)30-19-10-31(5-4-15(16)19)9-13-7-20(22(24,25)26)29-11-28-13;1-2/h2-3,6-8,11H,4-5,9-10H2,1H3,(H2,27,32);1-2H3. The van der Waals surface area contributed by atoms with Crippen molar-refractivity contribution in [1.82, 2.24) is 19.9 Å². The molecular weight excluding hydrogens is 450 g/mol. The number of fused-ring (bicyclic) bond motifs is 1. The molecule has 0 fully saturated rings. The second kappa shape index (κ2) is 10.3. The fraction of sp³-hybridized carbons (Fsp3) is 0.333. The Morgan fingerprint density at radius 3 is 2.50 bits per heavy atom. The lowest BCUT2D eigenvalue weighted by atomic mass is 9.92. The molecule has 0 unspecified atom stereocenters. The van der Waals surface area contributed by atoms with Crippen molar-refractivity contribution in [2.24, 2.45) is 5.73 Å². The highest BCUT2D eigenvalue weighted by molar-refractivity contribution is 5.92. The van der Waals surface area contributed by atoms with Crippen LogP contribution >= 0.6 is 0 Å². The molecule has 2 N–H and O–H groups in total. The zero-order valence-electron chi connectivity index (χ0n) is 19.1. The van der Waals surface area contributed by atoms with Crippen molar-refractivity contribution in [3.63, 3.8) is 0 Å². The van der Waals surface area contributed by atoms with Crippen molar-refractivity contribution >= 4 is 5.91 Å². The van der Waals surface area contributed by atoms with E-state index in [9.17, 15) is 22.4 Å². The smallest absolute Gasteiger partial charge is 0.364 e. The van der Waals surface area contributed by atoms with E-state index in [0.29, 0.717) is 29.8 Å². The van der Waals surface area contributed by atoms with Gasteiger partial charge in [0, 0.05) is 25.2 Å².